The van der Waals surface area contributed by atoms with Crippen LogP contribution in [0.3, 0.4) is 0 Å². The van der Waals surface area contributed by atoms with Crippen molar-refractivity contribution in [1.82, 2.24) is 41.0 Å². The SMILES string of the molecule is O=C(NOC[C@@H]1C[C@H](n2ncnn2)CN1)C1CCC2CN1C(=O)N2OS(=O)(=O)O. The number of nitrogens with one attached hydrogen (secondary N) is 2. The third kappa shape index (κ3) is 4.30. The quantitative estimate of drug-likeness (QED) is 0.309. The van der Waals surface area contributed by atoms with Crippen LogP contribution in [0.4, 0.5) is 4.79 Å². The smallest absolute Gasteiger partial charge is 0.309 e. The number of amides is 3. The van der Waals surface area contributed by atoms with Crippen molar-refractivity contribution in [2.45, 2.75) is 43.4 Å². The van der Waals surface area contributed by atoms with Crippen LogP contribution in [0.1, 0.15) is 25.3 Å². The van der Waals surface area contributed by atoms with Crippen LogP contribution in [0.15, 0.2) is 6.33 Å². The first-order chi connectivity index (χ1) is 13.8. The summed E-state index contributed by atoms with van der Waals surface area (Å²) in [5.74, 6) is -0.516. The Morgan fingerprint density at radius 2 is 2.21 bits per heavy atom. The number of piperidine rings is 1. The first-order valence-corrected chi connectivity index (χ1v) is 10.3. The number of urea groups is 1. The van der Waals surface area contributed by atoms with E-state index in [1.54, 1.807) is 0 Å². The summed E-state index contributed by atoms with van der Waals surface area (Å²) in [6.45, 7) is 0.968. The molecule has 3 fully saturated rings. The fraction of sp³-hybridized carbons (Fsp3) is 0.769. The number of fused-ring (bicyclic) bond motifs is 2. The molecule has 1 aromatic rings. The van der Waals surface area contributed by atoms with Crippen LogP contribution >= 0.6 is 0 Å². The number of hydroxylamine groups is 3. The summed E-state index contributed by atoms with van der Waals surface area (Å²) >= 11 is 0. The molecule has 15 nitrogen and oxygen atoms in total. The standard InChI is InChI=1S/C13H20N8O7S/c22-12(17-27-6-8-3-10(4-14-8)21-16-7-15-18-21)11-2-1-9-5-19(11)13(23)20(9)28-29(24,25)26/h7-11,14H,1-6H2,(H,17,22)(H,24,25,26)/t8-,9?,10-,11?/m0/s1. The molecule has 3 N–H and O–H groups in total. The third-order valence-corrected chi connectivity index (χ3v) is 5.50. The van der Waals surface area contributed by atoms with Crippen LogP contribution < -0.4 is 10.8 Å². The third-order valence-electron chi connectivity index (χ3n) is 5.15. The minimum atomic E-state index is -4.83. The number of aromatic nitrogens is 4. The molecular weight excluding hydrogens is 412 g/mol. The Balaban J connectivity index is 1.25. The van der Waals surface area contributed by atoms with Gasteiger partial charge in [-0.15, -0.1) is 14.5 Å². The number of rotatable bonds is 7. The predicted molar refractivity (Wildman–Crippen MR) is 90.7 cm³/mol. The molecule has 2 unspecified atom stereocenters. The summed E-state index contributed by atoms with van der Waals surface area (Å²) in [6, 6.07) is -2.15. The van der Waals surface area contributed by atoms with Gasteiger partial charge < -0.3 is 10.2 Å². The highest BCUT2D eigenvalue weighted by atomic mass is 32.3. The number of tetrazole rings is 1. The maximum atomic E-state index is 12.4. The summed E-state index contributed by atoms with van der Waals surface area (Å²) in [5, 5.41) is 15.4. The topological polar surface area (TPSA) is 181 Å². The normalized spacial score (nSPS) is 29.5. The molecule has 0 saturated carbocycles. The molecule has 3 aliphatic heterocycles. The van der Waals surface area contributed by atoms with E-state index < -0.39 is 34.4 Å². The second kappa shape index (κ2) is 7.79. The van der Waals surface area contributed by atoms with Crippen molar-refractivity contribution >= 4 is 22.3 Å². The van der Waals surface area contributed by atoms with Crippen LogP contribution in [0.25, 0.3) is 0 Å². The van der Waals surface area contributed by atoms with Crippen molar-refractivity contribution in [2.75, 3.05) is 19.7 Å². The molecule has 3 aliphatic rings. The molecule has 29 heavy (non-hydrogen) atoms. The Morgan fingerprint density at radius 3 is 2.93 bits per heavy atom. The molecule has 4 atom stereocenters. The van der Waals surface area contributed by atoms with Crippen molar-refractivity contribution in [2.24, 2.45) is 0 Å². The highest BCUT2D eigenvalue weighted by molar-refractivity contribution is 7.80. The molecule has 4 heterocycles. The van der Waals surface area contributed by atoms with Crippen LogP contribution in [0.5, 0.6) is 0 Å². The van der Waals surface area contributed by atoms with Crippen molar-refractivity contribution in [1.29, 1.82) is 0 Å². The van der Waals surface area contributed by atoms with Crippen LogP contribution in [-0.2, 0) is 24.3 Å². The summed E-state index contributed by atoms with van der Waals surface area (Å²) in [5.41, 5.74) is 2.35. The monoisotopic (exact) mass is 432 g/mol. The van der Waals surface area contributed by atoms with Gasteiger partial charge in [0.1, 0.15) is 6.04 Å². The van der Waals surface area contributed by atoms with Crippen LogP contribution in [0, 0.1) is 0 Å². The lowest BCUT2D eigenvalue weighted by molar-refractivity contribution is -0.139. The Kier molecular flexibility index (Phi) is 5.34. The van der Waals surface area contributed by atoms with Gasteiger partial charge in [-0.3, -0.25) is 14.2 Å². The maximum Gasteiger partial charge on any atom is 0.418 e. The van der Waals surface area contributed by atoms with Gasteiger partial charge in [0.05, 0.1) is 18.7 Å². The number of hydrogen-bond acceptors (Lipinski definition) is 10. The number of carbonyl (C=O) groups excluding carboxylic acids is 2. The zero-order valence-electron chi connectivity index (χ0n) is 15.1. The van der Waals surface area contributed by atoms with Crippen molar-refractivity contribution in [3.05, 3.63) is 6.33 Å². The fourth-order valence-corrected chi connectivity index (χ4v) is 4.22. The van der Waals surface area contributed by atoms with Crippen molar-refractivity contribution in [3.63, 3.8) is 0 Å². The zero-order chi connectivity index (χ0) is 20.6. The van der Waals surface area contributed by atoms with E-state index in [9.17, 15) is 18.0 Å². The van der Waals surface area contributed by atoms with Gasteiger partial charge in [0, 0.05) is 19.1 Å². The van der Waals surface area contributed by atoms with E-state index in [1.807, 2.05) is 0 Å². The maximum absolute atomic E-state index is 12.4. The highest BCUT2D eigenvalue weighted by Gasteiger charge is 2.49. The molecule has 16 heteroatoms. The second-order valence-corrected chi connectivity index (χ2v) is 8.04. The Morgan fingerprint density at radius 1 is 1.38 bits per heavy atom. The summed E-state index contributed by atoms with van der Waals surface area (Å²) < 4.78 is 34.9. The van der Waals surface area contributed by atoms with Gasteiger partial charge in [-0.1, -0.05) is 0 Å². The van der Waals surface area contributed by atoms with E-state index in [0.29, 0.717) is 30.9 Å². The first kappa shape index (κ1) is 19.9. The largest absolute Gasteiger partial charge is 0.418 e. The van der Waals surface area contributed by atoms with E-state index in [4.69, 9.17) is 9.39 Å². The summed E-state index contributed by atoms with van der Waals surface area (Å²) in [6.07, 6.45) is 2.70. The molecule has 0 aromatic carbocycles. The molecule has 0 aliphatic carbocycles. The molecule has 160 valence electrons. The van der Waals surface area contributed by atoms with Crippen molar-refractivity contribution in [3.8, 4) is 0 Å². The Hall–Kier alpha value is -2.40. The lowest BCUT2D eigenvalue weighted by Crippen LogP contribution is -2.50. The molecule has 3 amide bonds. The van der Waals surface area contributed by atoms with Gasteiger partial charge in [-0.25, -0.2) is 10.3 Å². The minimum Gasteiger partial charge on any atom is -0.309 e. The summed E-state index contributed by atoms with van der Waals surface area (Å²) in [7, 11) is -4.83. The molecule has 1 aromatic heterocycles. The van der Waals surface area contributed by atoms with Crippen LogP contribution in [-0.4, -0.2) is 92.9 Å². The van der Waals surface area contributed by atoms with E-state index in [2.05, 4.69) is 30.5 Å². The zero-order valence-corrected chi connectivity index (χ0v) is 15.9. The van der Waals surface area contributed by atoms with Crippen molar-refractivity contribution < 1.29 is 31.7 Å². The molecular formula is C13H20N8O7S. The number of nitrogens with zero attached hydrogens (tertiary/aromatic N) is 6. The van der Waals surface area contributed by atoms with E-state index in [0.717, 1.165) is 0 Å². The molecule has 0 radical (unpaired) electrons. The fourth-order valence-electron chi connectivity index (χ4n) is 3.83. The average Bonchev–Trinajstić information content (AvgIpc) is 3.39. The molecule has 2 bridgehead atoms. The van der Waals surface area contributed by atoms with E-state index >= 15 is 0 Å². The lowest BCUT2D eigenvalue weighted by Gasteiger charge is -2.29. The lowest BCUT2D eigenvalue weighted by atomic mass is 10.0. The van der Waals surface area contributed by atoms with Gasteiger partial charge in [0.15, 0.2) is 6.33 Å². The second-order valence-electron chi connectivity index (χ2n) is 7.04. The minimum absolute atomic E-state index is 0.0193. The van der Waals surface area contributed by atoms with Gasteiger partial charge in [-0.2, -0.15) is 18.3 Å². The highest BCUT2D eigenvalue weighted by Crippen LogP contribution is 2.30. The Labute approximate surface area is 165 Å². The average molecular weight is 432 g/mol. The van der Waals surface area contributed by atoms with Crippen LogP contribution in [0.2, 0.25) is 0 Å². The van der Waals surface area contributed by atoms with Gasteiger partial charge in [0.25, 0.3) is 5.91 Å². The predicted octanol–water partition coefficient (Wildman–Crippen LogP) is -2.37. The molecule has 4 rings (SSSR count). The molecule has 0 spiro atoms. The van der Waals surface area contributed by atoms with Gasteiger partial charge in [0.2, 0.25) is 0 Å². The summed E-state index contributed by atoms with van der Waals surface area (Å²) in [4.78, 5) is 32.8. The van der Waals surface area contributed by atoms with Gasteiger partial charge >= 0.3 is 16.4 Å². The number of carbonyl (C=O) groups is 2. The first-order valence-electron chi connectivity index (χ1n) is 8.96. The Bertz CT molecular complexity index is 865. The van der Waals surface area contributed by atoms with E-state index in [-0.39, 0.29) is 25.2 Å². The molecule has 3 saturated heterocycles. The van der Waals surface area contributed by atoms with E-state index in [1.165, 1.54) is 16.0 Å². The number of hydrogen-bond donors (Lipinski definition) is 3. The van der Waals surface area contributed by atoms with Gasteiger partial charge in [-0.05, 0) is 24.5 Å².